The molecule has 4 nitrogen and oxygen atoms in total. The van der Waals surface area contributed by atoms with Crippen molar-refractivity contribution >= 4 is 9.84 Å². The van der Waals surface area contributed by atoms with E-state index in [9.17, 15) is 8.42 Å². The molecule has 0 aliphatic rings. The maximum Gasteiger partial charge on any atom is 0.216 e. The average Bonchev–Trinajstić information content (AvgIpc) is 2.17. The summed E-state index contributed by atoms with van der Waals surface area (Å²) in [5, 5.41) is 9.36. The number of nitrogens with zero attached hydrogens (tertiary/aromatic N) is 2. The lowest BCUT2D eigenvalue weighted by molar-refractivity contribution is 0.600. The first-order valence-electron chi connectivity index (χ1n) is 3.76. The molecular formula is C9H8N2O2S. The summed E-state index contributed by atoms with van der Waals surface area (Å²) in [5.41, 5.74) is 0.767. The summed E-state index contributed by atoms with van der Waals surface area (Å²) in [6, 6.07) is 4.63. The van der Waals surface area contributed by atoms with Gasteiger partial charge in [0.25, 0.3) is 0 Å². The molecule has 14 heavy (non-hydrogen) atoms. The molecule has 0 N–H and O–H groups in total. The minimum absolute atomic E-state index is 0.0796. The molecule has 0 aliphatic heterocycles. The van der Waals surface area contributed by atoms with E-state index >= 15 is 0 Å². The standard InChI is InChI=1S/C9H8N2O2S/c1-3-14(12,13)9-5-4-8(6-10)7(2)11-9/h3-5H,1H2,2H3. The molecule has 1 rings (SSSR count). The Morgan fingerprint density at radius 2 is 2.21 bits per heavy atom. The quantitative estimate of drug-likeness (QED) is 0.731. The lowest BCUT2D eigenvalue weighted by atomic mass is 10.2. The van der Waals surface area contributed by atoms with Gasteiger partial charge in [-0.3, -0.25) is 0 Å². The zero-order valence-corrected chi connectivity index (χ0v) is 8.37. The Hall–Kier alpha value is -1.67. The van der Waals surface area contributed by atoms with Crippen LogP contribution >= 0.6 is 0 Å². The van der Waals surface area contributed by atoms with E-state index in [1.165, 1.54) is 12.1 Å². The number of rotatable bonds is 2. The van der Waals surface area contributed by atoms with Gasteiger partial charge in [-0.25, -0.2) is 13.4 Å². The number of hydrogen-bond acceptors (Lipinski definition) is 4. The molecule has 0 aromatic carbocycles. The molecule has 0 spiro atoms. The van der Waals surface area contributed by atoms with Crippen molar-refractivity contribution < 1.29 is 8.42 Å². The molecular weight excluding hydrogens is 200 g/mol. The van der Waals surface area contributed by atoms with Crippen LogP contribution in [0, 0.1) is 18.3 Å². The molecule has 1 aromatic rings. The van der Waals surface area contributed by atoms with E-state index in [1.807, 2.05) is 6.07 Å². The van der Waals surface area contributed by atoms with E-state index in [4.69, 9.17) is 5.26 Å². The highest BCUT2D eigenvalue weighted by Crippen LogP contribution is 2.12. The zero-order valence-electron chi connectivity index (χ0n) is 7.56. The topological polar surface area (TPSA) is 70.8 Å². The predicted molar refractivity (Wildman–Crippen MR) is 51.1 cm³/mol. The van der Waals surface area contributed by atoms with Gasteiger partial charge in [-0.15, -0.1) is 0 Å². The number of sulfone groups is 1. The molecule has 0 radical (unpaired) electrons. The fourth-order valence-electron chi connectivity index (χ4n) is 0.900. The molecule has 72 valence electrons. The van der Waals surface area contributed by atoms with E-state index in [1.54, 1.807) is 6.92 Å². The maximum absolute atomic E-state index is 11.3. The SMILES string of the molecule is C=CS(=O)(=O)c1ccc(C#N)c(C)n1. The van der Waals surface area contributed by atoms with Crippen LogP contribution < -0.4 is 0 Å². The first kappa shape index (κ1) is 10.4. The van der Waals surface area contributed by atoms with Gasteiger partial charge in [0.1, 0.15) is 6.07 Å². The van der Waals surface area contributed by atoms with Gasteiger partial charge in [0.2, 0.25) is 9.84 Å². The van der Waals surface area contributed by atoms with Crippen LogP contribution in [0.3, 0.4) is 0 Å². The van der Waals surface area contributed by atoms with Crippen molar-refractivity contribution in [1.29, 1.82) is 5.26 Å². The Balaban J connectivity index is 3.38. The fourth-order valence-corrected chi connectivity index (χ4v) is 1.59. The molecule has 1 heterocycles. The molecule has 0 aliphatic carbocycles. The summed E-state index contributed by atoms with van der Waals surface area (Å²) in [5.74, 6) is 0. The minimum Gasteiger partial charge on any atom is -0.240 e. The van der Waals surface area contributed by atoms with Crippen LogP contribution in [0.2, 0.25) is 0 Å². The molecule has 0 atom stereocenters. The number of aromatic nitrogens is 1. The van der Waals surface area contributed by atoms with Crippen molar-refractivity contribution in [3.8, 4) is 6.07 Å². The maximum atomic E-state index is 11.3. The summed E-state index contributed by atoms with van der Waals surface area (Å²) in [6.45, 7) is 4.77. The second-order valence-electron chi connectivity index (χ2n) is 2.61. The first-order valence-corrected chi connectivity index (χ1v) is 5.31. The van der Waals surface area contributed by atoms with E-state index in [-0.39, 0.29) is 5.03 Å². The molecule has 5 heteroatoms. The molecule has 0 saturated heterocycles. The molecule has 0 bridgehead atoms. The van der Waals surface area contributed by atoms with Crippen LogP contribution in [0.4, 0.5) is 0 Å². The van der Waals surface area contributed by atoms with Gasteiger partial charge in [0.05, 0.1) is 11.3 Å². The Bertz CT molecular complexity index is 512. The minimum atomic E-state index is -3.50. The fraction of sp³-hybridized carbons (Fsp3) is 0.111. The van der Waals surface area contributed by atoms with Crippen LogP contribution in [0.5, 0.6) is 0 Å². The highest BCUT2D eigenvalue weighted by atomic mass is 32.2. The largest absolute Gasteiger partial charge is 0.240 e. The molecule has 0 unspecified atom stereocenters. The van der Waals surface area contributed by atoms with Gasteiger partial charge < -0.3 is 0 Å². The second-order valence-corrected chi connectivity index (χ2v) is 4.45. The monoisotopic (exact) mass is 208 g/mol. The number of nitriles is 1. The van der Waals surface area contributed by atoms with Gasteiger partial charge in [-0.2, -0.15) is 5.26 Å². The number of pyridine rings is 1. The van der Waals surface area contributed by atoms with Gasteiger partial charge in [0, 0.05) is 5.41 Å². The third-order valence-corrected chi connectivity index (χ3v) is 2.94. The van der Waals surface area contributed by atoms with Crippen LogP contribution in [0.15, 0.2) is 29.1 Å². The Labute approximate surface area is 82.4 Å². The van der Waals surface area contributed by atoms with Crippen molar-refractivity contribution in [2.75, 3.05) is 0 Å². The summed E-state index contributed by atoms with van der Waals surface area (Å²) >= 11 is 0. The van der Waals surface area contributed by atoms with Crippen molar-refractivity contribution in [3.63, 3.8) is 0 Å². The lowest BCUT2D eigenvalue weighted by Crippen LogP contribution is -2.01. The number of hydrogen-bond donors (Lipinski definition) is 0. The third kappa shape index (κ3) is 1.80. The molecule has 0 fully saturated rings. The van der Waals surface area contributed by atoms with E-state index < -0.39 is 9.84 Å². The van der Waals surface area contributed by atoms with Crippen molar-refractivity contribution in [2.45, 2.75) is 11.9 Å². The number of aryl methyl sites for hydroxylation is 1. The molecule has 0 saturated carbocycles. The van der Waals surface area contributed by atoms with Gasteiger partial charge >= 0.3 is 0 Å². The summed E-state index contributed by atoms with van der Waals surface area (Å²) < 4.78 is 22.6. The highest BCUT2D eigenvalue weighted by Gasteiger charge is 2.12. The van der Waals surface area contributed by atoms with Crippen LogP contribution in [-0.4, -0.2) is 13.4 Å². The highest BCUT2D eigenvalue weighted by molar-refractivity contribution is 7.94. The normalized spacial score (nSPS) is 10.6. The van der Waals surface area contributed by atoms with Gasteiger partial charge in [-0.05, 0) is 19.1 Å². The Morgan fingerprint density at radius 1 is 1.57 bits per heavy atom. The molecule has 1 aromatic heterocycles. The lowest BCUT2D eigenvalue weighted by Gasteiger charge is -2.00. The summed E-state index contributed by atoms with van der Waals surface area (Å²) in [7, 11) is -3.50. The van der Waals surface area contributed by atoms with E-state index in [0.29, 0.717) is 11.3 Å². The average molecular weight is 208 g/mol. The van der Waals surface area contributed by atoms with Crippen LogP contribution in [0.25, 0.3) is 0 Å². The van der Waals surface area contributed by atoms with Crippen molar-refractivity contribution in [3.05, 3.63) is 35.4 Å². The smallest absolute Gasteiger partial charge is 0.216 e. The Morgan fingerprint density at radius 3 is 2.64 bits per heavy atom. The van der Waals surface area contributed by atoms with Crippen molar-refractivity contribution in [1.82, 2.24) is 4.98 Å². The van der Waals surface area contributed by atoms with Crippen LogP contribution in [0.1, 0.15) is 11.3 Å². The second kappa shape index (κ2) is 3.60. The predicted octanol–water partition coefficient (Wildman–Crippen LogP) is 1.18. The van der Waals surface area contributed by atoms with Gasteiger partial charge in [-0.1, -0.05) is 6.58 Å². The van der Waals surface area contributed by atoms with Crippen molar-refractivity contribution in [2.24, 2.45) is 0 Å². The third-order valence-electron chi connectivity index (χ3n) is 1.69. The van der Waals surface area contributed by atoms with Gasteiger partial charge in [0.15, 0.2) is 5.03 Å². The van der Waals surface area contributed by atoms with E-state index in [2.05, 4.69) is 11.6 Å². The first-order chi connectivity index (χ1) is 6.51. The van der Waals surface area contributed by atoms with E-state index in [0.717, 1.165) is 5.41 Å². The van der Waals surface area contributed by atoms with Crippen LogP contribution in [-0.2, 0) is 9.84 Å². The molecule has 0 amide bonds. The summed E-state index contributed by atoms with van der Waals surface area (Å²) in [4.78, 5) is 3.80. The zero-order chi connectivity index (χ0) is 10.8. The summed E-state index contributed by atoms with van der Waals surface area (Å²) in [6.07, 6.45) is 0. The Kier molecular flexibility index (Phi) is 2.68.